The molecule has 1 heterocycles. The minimum absolute atomic E-state index is 0.421. The molecule has 0 aromatic rings. The SMILES string of the molecule is CC(C)(C)CN1CCCCC1CCN. The molecule has 0 aromatic heterocycles. The van der Waals surface area contributed by atoms with E-state index in [1.165, 1.54) is 38.8 Å². The van der Waals surface area contributed by atoms with E-state index in [1.54, 1.807) is 0 Å². The summed E-state index contributed by atoms with van der Waals surface area (Å²) in [7, 11) is 0. The lowest BCUT2D eigenvalue weighted by Gasteiger charge is -2.39. The smallest absolute Gasteiger partial charge is 0.0107 e. The van der Waals surface area contributed by atoms with Crippen molar-refractivity contribution in [1.29, 1.82) is 0 Å². The minimum atomic E-state index is 0.421. The molecule has 1 aliphatic rings. The second-order valence-electron chi connectivity index (χ2n) is 5.76. The van der Waals surface area contributed by atoms with Gasteiger partial charge in [0, 0.05) is 12.6 Å². The van der Waals surface area contributed by atoms with Crippen molar-refractivity contribution in [1.82, 2.24) is 4.90 Å². The molecule has 0 spiro atoms. The molecule has 1 saturated heterocycles. The molecule has 2 N–H and O–H groups in total. The van der Waals surface area contributed by atoms with Crippen LogP contribution in [0.25, 0.3) is 0 Å². The lowest BCUT2D eigenvalue weighted by Crippen LogP contribution is -2.44. The van der Waals surface area contributed by atoms with Crippen LogP contribution >= 0.6 is 0 Å². The number of hydrogen-bond acceptors (Lipinski definition) is 2. The molecule has 0 aromatic carbocycles. The standard InChI is InChI=1S/C12H26N2/c1-12(2,3)10-14-9-5-4-6-11(14)7-8-13/h11H,4-10,13H2,1-3H3. The summed E-state index contributed by atoms with van der Waals surface area (Å²) in [5.41, 5.74) is 6.08. The Bertz CT molecular complexity index is 158. The second-order valence-corrected chi connectivity index (χ2v) is 5.76. The van der Waals surface area contributed by atoms with Gasteiger partial charge < -0.3 is 5.73 Å². The largest absolute Gasteiger partial charge is 0.330 e. The summed E-state index contributed by atoms with van der Waals surface area (Å²) in [6, 6.07) is 0.757. The van der Waals surface area contributed by atoms with E-state index < -0.39 is 0 Å². The fraction of sp³-hybridized carbons (Fsp3) is 1.00. The molecule has 1 fully saturated rings. The second kappa shape index (κ2) is 5.13. The lowest BCUT2D eigenvalue weighted by atomic mass is 9.91. The quantitative estimate of drug-likeness (QED) is 0.753. The number of nitrogens with zero attached hydrogens (tertiary/aromatic N) is 1. The maximum atomic E-state index is 5.66. The summed E-state index contributed by atoms with van der Waals surface area (Å²) in [6.45, 7) is 10.3. The van der Waals surface area contributed by atoms with E-state index in [4.69, 9.17) is 5.73 Å². The highest BCUT2D eigenvalue weighted by molar-refractivity contribution is 4.80. The number of likely N-dealkylation sites (tertiary alicyclic amines) is 1. The Morgan fingerprint density at radius 2 is 2.00 bits per heavy atom. The van der Waals surface area contributed by atoms with Crippen LogP contribution in [-0.4, -0.2) is 30.6 Å². The van der Waals surface area contributed by atoms with E-state index in [0.717, 1.165) is 12.6 Å². The third-order valence-corrected chi connectivity index (χ3v) is 2.93. The average molecular weight is 198 g/mol. The predicted octanol–water partition coefficient (Wildman–Crippen LogP) is 2.24. The molecule has 0 bridgehead atoms. The molecule has 1 aliphatic heterocycles. The van der Waals surface area contributed by atoms with Gasteiger partial charge in [0.2, 0.25) is 0 Å². The molecule has 14 heavy (non-hydrogen) atoms. The van der Waals surface area contributed by atoms with Crippen molar-refractivity contribution >= 4 is 0 Å². The highest BCUT2D eigenvalue weighted by atomic mass is 15.2. The fourth-order valence-electron chi connectivity index (χ4n) is 2.40. The topological polar surface area (TPSA) is 29.3 Å². The van der Waals surface area contributed by atoms with Gasteiger partial charge in [-0.1, -0.05) is 27.2 Å². The van der Waals surface area contributed by atoms with Crippen molar-refractivity contribution in [3.05, 3.63) is 0 Å². The first kappa shape index (κ1) is 12.0. The molecular weight excluding hydrogens is 172 g/mol. The van der Waals surface area contributed by atoms with Gasteiger partial charge >= 0.3 is 0 Å². The van der Waals surface area contributed by atoms with Crippen molar-refractivity contribution in [2.75, 3.05) is 19.6 Å². The van der Waals surface area contributed by atoms with E-state index in [0.29, 0.717) is 5.41 Å². The van der Waals surface area contributed by atoms with Crippen LogP contribution in [0.5, 0.6) is 0 Å². The number of piperidine rings is 1. The van der Waals surface area contributed by atoms with Gasteiger partial charge in [0.15, 0.2) is 0 Å². The maximum Gasteiger partial charge on any atom is 0.0107 e. The summed E-state index contributed by atoms with van der Waals surface area (Å²) in [5, 5.41) is 0. The summed E-state index contributed by atoms with van der Waals surface area (Å²) in [5.74, 6) is 0. The molecule has 1 rings (SSSR count). The van der Waals surface area contributed by atoms with E-state index >= 15 is 0 Å². The zero-order valence-electron chi connectivity index (χ0n) is 10.1. The molecule has 1 atom stereocenters. The van der Waals surface area contributed by atoms with Crippen LogP contribution < -0.4 is 5.73 Å². The Hall–Kier alpha value is -0.0800. The molecule has 0 saturated carbocycles. The average Bonchev–Trinajstić information content (AvgIpc) is 2.06. The first-order valence-electron chi connectivity index (χ1n) is 5.97. The maximum absolute atomic E-state index is 5.66. The zero-order chi connectivity index (χ0) is 10.6. The molecule has 0 aliphatic carbocycles. The van der Waals surface area contributed by atoms with Crippen molar-refractivity contribution in [3.63, 3.8) is 0 Å². The normalized spacial score (nSPS) is 25.3. The van der Waals surface area contributed by atoms with Crippen LogP contribution in [0.2, 0.25) is 0 Å². The molecule has 84 valence electrons. The van der Waals surface area contributed by atoms with Crippen LogP contribution in [-0.2, 0) is 0 Å². The summed E-state index contributed by atoms with van der Waals surface area (Å²) in [6.07, 6.45) is 5.30. The van der Waals surface area contributed by atoms with Gasteiger partial charge in [0.25, 0.3) is 0 Å². The van der Waals surface area contributed by atoms with E-state index in [1.807, 2.05) is 0 Å². The minimum Gasteiger partial charge on any atom is -0.330 e. The fourth-order valence-corrected chi connectivity index (χ4v) is 2.40. The van der Waals surface area contributed by atoms with Gasteiger partial charge in [-0.15, -0.1) is 0 Å². The first-order valence-corrected chi connectivity index (χ1v) is 5.97. The van der Waals surface area contributed by atoms with Crippen molar-refractivity contribution in [2.45, 2.75) is 52.5 Å². The van der Waals surface area contributed by atoms with Gasteiger partial charge in [-0.25, -0.2) is 0 Å². The van der Waals surface area contributed by atoms with Gasteiger partial charge in [0.05, 0.1) is 0 Å². The molecule has 0 radical (unpaired) electrons. The van der Waals surface area contributed by atoms with E-state index in [-0.39, 0.29) is 0 Å². The summed E-state index contributed by atoms with van der Waals surface area (Å²) >= 11 is 0. The molecule has 2 nitrogen and oxygen atoms in total. The first-order chi connectivity index (χ1) is 6.53. The zero-order valence-corrected chi connectivity index (χ0v) is 10.1. The van der Waals surface area contributed by atoms with Crippen LogP contribution in [0.1, 0.15) is 46.5 Å². The van der Waals surface area contributed by atoms with Gasteiger partial charge in [-0.05, 0) is 37.8 Å². The lowest BCUT2D eigenvalue weighted by molar-refractivity contribution is 0.0989. The van der Waals surface area contributed by atoms with Gasteiger partial charge in [-0.2, -0.15) is 0 Å². The highest BCUT2D eigenvalue weighted by Crippen LogP contribution is 2.24. The summed E-state index contributed by atoms with van der Waals surface area (Å²) < 4.78 is 0. The Morgan fingerprint density at radius 1 is 1.29 bits per heavy atom. The Morgan fingerprint density at radius 3 is 2.57 bits per heavy atom. The molecule has 2 heteroatoms. The third-order valence-electron chi connectivity index (χ3n) is 2.93. The van der Waals surface area contributed by atoms with Crippen LogP contribution in [0.15, 0.2) is 0 Å². The van der Waals surface area contributed by atoms with E-state index in [9.17, 15) is 0 Å². The van der Waals surface area contributed by atoms with Crippen LogP contribution in [0.4, 0.5) is 0 Å². The van der Waals surface area contributed by atoms with Crippen LogP contribution in [0.3, 0.4) is 0 Å². The Labute approximate surface area is 88.8 Å². The molecule has 0 amide bonds. The van der Waals surface area contributed by atoms with E-state index in [2.05, 4.69) is 25.7 Å². The van der Waals surface area contributed by atoms with Gasteiger partial charge in [0.1, 0.15) is 0 Å². The molecule has 1 unspecified atom stereocenters. The number of nitrogens with two attached hydrogens (primary N) is 1. The van der Waals surface area contributed by atoms with Crippen LogP contribution in [0, 0.1) is 5.41 Å². The van der Waals surface area contributed by atoms with Crippen molar-refractivity contribution in [3.8, 4) is 0 Å². The van der Waals surface area contributed by atoms with Crippen molar-refractivity contribution < 1.29 is 0 Å². The number of hydrogen-bond donors (Lipinski definition) is 1. The summed E-state index contributed by atoms with van der Waals surface area (Å²) in [4.78, 5) is 2.65. The highest BCUT2D eigenvalue weighted by Gasteiger charge is 2.25. The van der Waals surface area contributed by atoms with Crippen molar-refractivity contribution in [2.24, 2.45) is 11.1 Å². The predicted molar refractivity (Wildman–Crippen MR) is 62.3 cm³/mol. The third kappa shape index (κ3) is 3.97. The molecular formula is C12H26N2. The van der Waals surface area contributed by atoms with Gasteiger partial charge in [-0.3, -0.25) is 4.90 Å². The monoisotopic (exact) mass is 198 g/mol. The Balaban J connectivity index is 2.45. The number of rotatable bonds is 3. The Kier molecular flexibility index (Phi) is 4.39.